The lowest BCUT2D eigenvalue weighted by molar-refractivity contribution is 0.0954. The fourth-order valence-corrected chi connectivity index (χ4v) is 3.57. The van der Waals surface area contributed by atoms with Gasteiger partial charge in [-0.2, -0.15) is 0 Å². The number of aromatic nitrogens is 1. The molecule has 2 aromatic rings. The van der Waals surface area contributed by atoms with E-state index in [0.717, 1.165) is 28.9 Å². The van der Waals surface area contributed by atoms with Crippen molar-refractivity contribution in [1.82, 2.24) is 20.9 Å². The number of hydrogen-bond acceptors (Lipinski definition) is 4. The Morgan fingerprint density at radius 2 is 1.60 bits per heavy atom. The molecule has 1 saturated heterocycles. The molecule has 3 amide bonds. The van der Waals surface area contributed by atoms with Gasteiger partial charge in [0.1, 0.15) is 5.82 Å². The number of amides is 3. The summed E-state index contributed by atoms with van der Waals surface area (Å²) in [6.07, 6.45) is 6.84. The van der Waals surface area contributed by atoms with Gasteiger partial charge >= 0.3 is 6.03 Å². The predicted molar refractivity (Wildman–Crippen MR) is 122 cm³/mol. The third-order valence-electron chi connectivity index (χ3n) is 4.99. The molecule has 0 unspecified atom stereocenters. The smallest absolute Gasteiger partial charge is 0.315 e. The van der Waals surface area contributed by atoms with Crippen molar-refractivity contribution in [3.63, 3.8) is 0 Å². The van der Waals surface area contributed by atoms with Gasteiger partial charge in [0.15, 0.2) is 0 Å². The van der Waals surface area contributed by atoms with Crippen LogP contribution in [0.25, 0.3) is 0 Å². The lowest BCUT2D eigenvalue weighted by atomic mass is 10.2. The Bertz CT molecular complexity index is 818. The average Bonchev–Trinajstić information content (AvgIpc) is 3.05. The average molecular weight is 474 g/mol. The van der Waals surface area contributed by atoms with Crippen molar-refractivity contribution in [3.8, 4) is 0 Å². The van der Waals surface area contributed by atoms with Crippen molar-refractivity contribution >= 4 is 33.7 Å². The number of benzene rings is 1. The van der Waals surface area contributed by atoms with Gasteiger partial charge in [-0.25, -0.2) is 9.78 Å². The maximum Gasteiger partial charge on any atom is 0.315 e. The molecule has 1 fully saturated rings. The molecule has 1 aromatic heterocycles. The van der Waals surface area contributed by atoms with Gasteiger partial charge in [0, 0.05) is 49.0 Å². The largest absolute Gasteiger partial charge is 0.357 e. The summed E-state index contributed by atoms with van der Waals surface area (Å²) in [5.41, 5.74) is 1.53. The summed E-state index contributed by atoms with van der Waals surface area (Å²) in [7, 11) is 0. The molecule has 8 heteroatoms. The minimum absolute atomic E-state index is 0.166. The molecule has 0 aliphatic carbocycles. The van der Waals surface area contributed by atoms with Gasteiger partial charge in [0.2, 0.25) is 0 Å². The van der Waals surface area contributed by atoms with Crippen LogP contribution in [0.5, 0.6) is 0 Å². The quantitative estimate of drug-likeness (QED) is 0.537. The van der Waals surface area contributed by atoms with Crippen molar-refractivity contribution in [1.29, 1.82) is 0 Å². The Morgan fingerprint density at radius 3 is 2.27 bits per heavy atom. The van der Waals surface area contributed by atoms with Gasteiger partial charge in [-0.3, -0.25) is 4.79 Å². The molecule has 0 spiro atoms. The number of carbonyl (C=O) groups is 2. The number of nitrogens with one attached hydrogen (secondary N) is 3. The lowest BCUT2D eigenvalue weighted by Crippen LogP contribution is -2.40. The SMILES string of the molecule is O=C(NCCNC(=O)c1ccc(Br)cc1)NCc1ccc(N2CCCCCC2)nc1. The van der Waals surface area contributed by atoms with Crippen LogP contribution in [0.1, 0.15) is 41.6 Å². The highest BCUT2D eigenvalue weighted by molar-refractivity contribution is 9.10. The van der Waals surface area contributed by atoms with E-state index in [0.29, 0.717) is 25.2 Å². The zero-order valence-corrected chi connectivity index (χ0v) is 18.6. The van der Waals surface area contributed by atoms with E-state index in [1.807, 2.05) is 30.5 Å². The van der Waals surface area contributed by atoms with E-state index in [2.05, 4.69) is 41.8 Å². The Kier molecular flexibility index (Phi) is 8.50. The van der Waals surface area contributed by atoms with Crippen molar-refractivity contribution in [3.05, 3.63) is 58.2 Å². The number of halogens is 1. The van der Waals surface area contributed by atoms with Crippen molar-refractivity contribution in [2.75, 3.05) is 31.1 Å². The first-order valence-corrected chi connectivity index (χ1v) is 11.2. The summed E-state index contributed by atoms with van der Waals surface area (Å²) >= 11 is 3.34. The monoisotopic (exact) mass is 473 g/mol. The van der Waals surface area contributed by atoms with E-state index in [1.165, 1.54) is 25.7 Å². The van der Waals surface area contributed by atoms with Gasteiger partial charge in [-0.1, -0.05) is 34.8 Å². The van der Waals surface area contributed by atoms with Crippen LogP contribution < -0.4 is 20.9 Å². The summed E-state index contributed by atoms with van der Waals surface area (Å²) in [4.78, 5) is 30.8. The van der Waals surface area contributed by atoms with Gasteiger partial charge in [0.05, 0.1) is 0 Å². The first-order valence-electron chi connectivity index (χ1n) is 10.4. The molecular formula is C22H28BrN5O2. The number of rotatable bonds is 7. The molecule has 3 rings (SSSR count). The van der Waals surface area contributed by atoms with Crippen LogP contribution >= 0.6 is 15.9 Å². The molecule has 0 atom stereocenters. The Labute approximate surface area is 185 Å². The Morgan fingerprint density at radius 1 is 0.900 bits per heavy atom. The molecule has 1 aliphatic heterocycles. The number of carbonyl (C=O) groups excluding carboxylic acids is 2. The third kappa shape index (κ3) is 7.02. The highest BCUT2D eigenvalue weighted by Gasteiger charge is 2.11. The molecule has 7 nitrogen and oxygen atoms in total. The fraction of sp³-hybridized carbons (Fsp3) is 0.409. The molecule has 160 valence electrons. The highest BCUT2D eigenvalue weighted by Crippen LogP contribution is 2.17. The van der Waals surface area contributed by atoms with E-state index in [9.17, 15) is 9.59 Å². The van der Waals surface area contributed by atoms with Crippen molar-refractivity contribution < 1.29 is 9.59 Å². The standard InChI is InChI=1S/C22H28BrN5O2/c23-19-8-6-18(7-9-19)21(29)24-11-12-25-22(30)27-16-17-5-10-20(26-15-17)28-13-3-1-2-4-14-28/h5-10,15H,1-4,11-14,16H2,(H,24,29)(H2,25,27,30). The van der Waals surface area contributed by atoms with E-state index in [1.54, 1.807) is 12.1 Å². The van der Waals surface area contributed by atoms with Crippen LogP contribution in [0, 0.1) is 0 Å². The molecule has 1 aliphatic rings. The van der Waals surface area contributed by atoms with Crippen LogP contribution in [0.15, 0.2) is 47.1 Å². The molecule has 0 saturated carbocycles. The number of hydrogen-bond donors (Lipinski definition) is 3. The van der Waals surface area contributed by atoms with Crippen molar-refractivity contribution in [2.24, 2.45) is 0 Å². The second kappa shape index (κ2) is 11.5. The van der Waals surface area contributed by atoms with Gasteiger partial charge < -0.3 is 20.9 Å². The molecule has 3 N–H and O–H groups in total. The van der Waals surface area contributed by atoms with Gasteiger partial charge in [-0.15, -0.1) is 0 Å². The Balaban J connectivity index is 1.33. The second-order valence-corrected chi connectivity index (χ2v) is 8.21. The molecular weight excluding hydrogens is 446 g/mol. The molecule has 1 aromatic carbocycles. The molecule has 0 bridgehead atoms. The lowest BCUT2D eigenvalue weighted by Gasteiger charge is -2.21. The van der Waals surface area contributed by atoms with E-state index < -0.39 is 0 Å². The highest BCUT2D eigenvalue weighted by atomic mass is 79.9. The number of anilines is 1. The number of urea groups is 1. The normalized spacial score (nSPS) is 14.0. The summed E-state index contributed by atoms with van der Waals surface area (Å²) in [5, 5.41) is 8.33. The topological polar surface area (TPSA) is 86.4 Å². The van der Waals surface area contributed by atoms with Crippen LogP contribution in [-0.2, 0) is 6.54 Å². The number of nitrogens with zero attached hydrogens (tertiary/aromatic N) is 2. The summed E-state index contributed by atoms with van der Waals surface area (Å²) in [6, 6.07) is 10.9. The van der Waals surface area contributed by atoms with E-state index >= 15 is 0 Å². The summed E-state index contributed by atoms with van der Waals surface area (Å²) in [6.45, 7) is 3.23. The second-order valence-electron chi connectivity index (χ2n) is 7.30. The minimum Gasteiger partial charge on any atom is -0.357 e. The minimum atomic E-state index is -0.274. The van der Waals surface area contributed by atoms with Crippen LogP contribution in [0.4, 0.5) is 10.6 Å². The third-order valence-corrected chi connectivity index (χ3v) is 5.52. The summed E-state index contributed by atoms with van der Waals surface area (Å²) < 4.78 is 0.921. The molecule has 0 radical (unpaired) electrons. The number of pyridine rings is 1. The predicted octanol–water partition coefficient (Wildman–Crippen LogP) is 3.45. The van der Waals surface area contributed by atoms with Crippen LogP contribution in [0.3, 0.4) is 0 Å². The maximum atomic E-state index is 12.0. The maximum absolute atomic E-state index is 12.0. The molecule has 2 heterocycles. The first-order chi connectivity index (χ1) is 14.6. The Hall–Kier alpha value is -2.61. The van der Waals surface area contributed by atoms with E-state index in [-0.39, 0.29) is 11.9 Å². The fourth-order valence-electron chi connectivity index (χ4n) is 3.31. The zero-order chi connectivity index (χ0) is 21.2. The van der Waals surface area contributed by atoms with Gasteiger partial charge in [0.25, 0.3) is 5.91 Å². The van der Waals surface area contributed by atoms with Gasteiger partial charge in [-0.05, 0) is 48.7 Å². The van der Waals surface area contributed by atoms with Crippen molar-refractivity contribution in [2.45, 2.75) is 32.2 Å². The van der Waals surface area contributed by atoms with Crippen LogP contribution in [-0.4, -0.2) is 43.1 Å². The summed E-state index contributed by atoms with van der Waals surface area (Å²) in [5.74, 6) is 0.840. The van der Waals surface area contributed by atoms with E-state index in [4.69, 9.17) is 0 Å². The zero-order valence-electron chi connectivity index (χ0n) is 17.0. The molecule has 30 heavy (non-hydrogen) atoms. The van der Waals surface area contributed by atoms with Crippen LogP contribution in [0.2, 0.25) is 0 Å². The first kappa shape index (κ1) is 22.1.